The maximum absolute atomic E-state index is 4.81. The summed E-state index contributed by atoms with van der Waals surface area (Å²) in [6.07, 6.45) is 3.41. The van der Waals surface area contributed by atoms with Crippen LogP contribution in [0.5, 0.6) is 0 Å². The van der Waals surface area contributed by atoms with Crippen molar-refractivity contribution in [1.29, 1.82) is 0 Å². The molecule has 1 atom stereocenters. The Morgan fingerprint density at radius 3 is 3.17 bits per heavy atom. The zero-order valence-corrected chi connectivity index (χ0v) is 11.8. The van der Waals surface area contributed by atoms with E-state index in [9.17, 15) is 0 Å². The number of fused-ring (bicyclic) bond motifs is 1. The minimum atomic E-state index is 0.789. The molecule has 18 heavy (non-hydrogen) atoms. The molecule has 0 aliphatic carbocycles. The van der Waals surface area contributed by atoms with Crippen LogP contribution in [0.15, 0.2) is 11.6 Å². The maximum atomic E-state index is 4.81. The number of anilines is 1. The number of rotatable bonds is 4. The van der Waals surface area contributed by atoms with Crippen molar-refractivity contribution in [2.45, 2.75) is 26.8 Å². The number of imidazole rings is 1. The quantitative estimate of drug-likeness (QED) is 0.920. The summed E-state index contributed by atoms with van der Waals surface area (Å²) in [6, 6.07) is 0. The van der Waals surface area contributed by atoms with Crippen LogP contribution in [0.1, 0.15) is 26.0 Å². The zero-order chi connectivity index (χ0) is 12.5. The topological polar surface area (TPSA) is 32.6 Å². The summed E-state index contributed by atoms with van der Waals surface area (Å²) in [5.74, 6) is 1.98. The van der Waals surface area contributed by atoms with Gasteiger partial charge >= 0.3 is 0 Å². The minimum absolute atomic E-state index is 0.789. The van der Waals surface area contributed by atoms with E-state index in [4.69, 9.17) is 4.98 Å². The molecule has 1 saturated heterocycles. The van der Waals surface area contributed by atoms with E-state index in [2.05, 4.69) is 40.0 Å². The molecule has 3 heterocycles. The molecular weight excluding hydrogens is 244 g/mol. The van der Waals surface area contributed by atoms with E-state index in [1.165, 1.54) is 17.9 Å². The van der Waals surface area contributed by atoms with Gasteiger partial charge in [-0.15, -0.1) is 11.3 Å². The summed E-state index contributed by atoms with van der Waals surface area (Å²) < 4.78 is 2.23. The highest BCUT2D eigenvalue weighted by Crippen LogP contribution is 2.28. The lowest BCUT2D eigenvalue weighted by atomic mass is 10.2. The van der Waals surface area contributed by atoms with E-state index < -0.39 is 0 Å². The molecule has 1 N–H and O–H groups in total. The van der Waals surface area contributed by atoms with Crippen molar-refractivity contribution in [3.05, 3.63) is 17.3 Å². The van der Waals surface area contributed by atoms with Gasteiger partial charge in [-0.1, -0.05) is 13.8 Å². The summed E-state index contributed by atoms with van der Waals surface area (Å²) in [4.78, 5) is 8.36. The van der Waals surface area contributed by atoms with Gasteiger partial charge in [0.25, 0.3) is 0 Å². The summed E-state index contributed by atoms with van der Waals surface area (Å²) in [5.41, 5.74) is 1.31. The second-order valence-corrected chi connectivity index (χ2v) is 5.93. The molecule has 1 aliphatic rings. The molecule has 5 heteroatoms. The predicted molar refractivity (Wildman–Crippen MR) is 76.4 cm³/mol. The SMILES string of the molecule is CCNCc1c(N2CCC(C)C2)nc2sccn12. The monoisotopic (exact) mass is 264 g/mol. The van der Waals surface area contributed by atoms with Crippen molar-refractivity contribution < 1.29 is 0 Å². The first-order valence-electron chi connectivity index (χ1n) is 6.69. The summed E-state index contributed by atoms with van der Waals surface area (Å²) in [6.45, 7) is 8.64. The molecule has 0 radical (unpaired) electrons. The predicted octanol–water partition coefficient (Wildman–Crippen LogP) is 2.35. The molecule has 3 rings (SSSR count). The average molecular weight is 264 g/mol. The van der Waals surface area contributed by atoms with Crippen LogP contribution in [0.4, 0.5) is 5.82 Å². The highest BCUT2D eigenvalue weighted by atomic mass is 32.1. The van der Waals surface area contributed by atoms with Gasteiger partial charge in [0.05, 0.1) is 5.69 Å². The van der Waals surface area contributed by atoms with Gasteiger partial charge < -0.3 is 10.2 Å². The lowest BCUT2D eigenvalue weighted by Crippen LogP contribution is -2.23. The second kappa shape index (κ2) is 4.90. The Balaban J connectivity index is 1.96. The lowest BCUT2D eigenvalue weighted by molar-refractivity contribution is 0.657. The Labute approximate surface area is 112 Å². The molecule has 0 amide bonds. The van der Waals surface area contributed by atoms with E-state index in [0.717, 1.165) is 37.1 Å². The fourth-order valence-electron chi connectivity index (χ4n) is 2.61. The second-order valence-electron chi connectivity index (χ2n) is 5.06. The van der Waals surface area contributed by atoms with Gasteiger partial charge in [0.15, 0.2) is 10.8 Å². The summed E-state index contributed by atoms with van der Waals surface area (Å²) in [5, 5.41) is 5.53. The van der Waals surface area contributed by atoms with Crippen molar-refractivity contribution in [3.8, 4) is 0 Å². The molecule has 1 fully saturated rings. The normalized spacial score (nSPS) is 20.1. The van der Waals surface area contributed by atoms with Crippen molar-refractivity contribution in [2.24, 2.45) is 5.92 Å². The van der Waals surface area contributed by atoms with E-state index in [1.807, 2.05) is 0 Å². The van der Waals surface area contributed by atoms with Gasteiger partial charge in [0, 0.05) is 31.2 Å². The van der Waals surface area contributed by atoms with Crippen LogP contribution in [0, 0.1) is 5.92 Å². The van der Waals surface area contributed by atoms with E-state index in [0.29, 0.717) is 0 Å². The Morgan fingerprint density at radius 2 is 2.44 bits per heavy atom. The highest BCUT2D eigenvalue weighted by Gasteiger charge is 2.24. The van der Waals surface area contributed by atoms with Gasteiger partial charge in [-0.2, -0.15) is 0 Å². The molecule has 0 bridgehead atoms. The van der Waals surface area contributed by atoms with Crippen LogP contribution >= 0.6 is 11.3 Å². The van der Waals surface area contributed by atoms with Gasteiger partial charge in [0.1, 0.15) is 0 Å². The third-order valence-electron chi connectivity index (χ3n) is 3.61. The molecule has 4 nitrogen and oxygen atoms in total. The molecule has 98 valence electrons. The largest absolute Gasteiger partial charge is 0.355 e. The highest BCUT2D eigenvalue weighted by molar-refractivity contribution is 7.15. The van der Waals surface area contributed by atoms with Gasteiger partial charge in [-0.05, 0) is 18.9 Å². The number of nitrogens with one attached hydrogen (secondary N) is 1. The Morgan fingerprint density at radius 1 is 1.56 bits per heavy atom. The molecule has 0 aromatic carbocycles. The smallest absolute Gasteiger partial charge is 0.195 e. The summed E-state index contributed by atoms with van der Waals surface area (Å²) in [7, 11) is 0. The van der Waals surface area contributed by atoms with E-state index >= 15 is 0 Å². The fraction of sp³-hybridized carbons (Fsp3) is 0.615. The van der Waals surface area contributed by atoms with E-state index in [1.54, 1.807) is 11.3 Å². The summed E-state index contributed by atoms with van der Waals surface area (Å²) >= 11 is 1.71. The Kier molecular flexibility index (Phi) is 3.26. The van der Waals surface area contributed by atoms with Gasteiger partial charge in [-0.3, -0.25) is 4.40 Å². The van der Waals surface area contributed by atoms with Crippen LogP contribution in [0.2, 0.25) is 0 Å². The van der Waals surface area contributed by atoms with Crippen LogP contribution in [0.3, 0.4) is 0 Å². The van der Waals surface area contributed by atoms with Crippen molar-refractivity contribution >= 4 is 22.1 Å². The molecule has 1 aliphatic heterocycles. The van der Waals surface area contributed by atoms with Crippen LogP contribution < -0.4 is 10.2 Å². The molecule has 2 aromatic rings. The van der Waals surface area contributed by atoms with Crippen LogP contribution in [-0.4, -0.2) is 29.0 Å². The Hall–Kier alpha value is -1.07. The number of nitrogens with zero attached hydrogens (tertiary/aromatic N) is 3. The Bertz CT molecular complexity index is 530. The molecule has 2 aromatic heterocycles. The van der Waals surface area contributed by atoms with Crippen molar-refractivity contribution in [3.63, 3.8) is 0 Å². The molecule has 0 spiro atoms. The van der Waals surface area contributed by atoms with Crippen molar-refractivity contribution in [1.82, 2.24) is 14.7 Å². The standard InChI is InChI=1S/C13H20N4S/c1-3-14-8-11-12(16-5-4-10(2)9-16)15-13-17(11)6-7-18-13/h6-7,10,14H,3-5,8-9H2,1-2H3. The number of hydrogen-bond acceptors (Lipinski definition) is 4. The first-order chi connectivity index (χ1) is 8.79. The lowest BCUT2D eigenvalue weighted by Gasteiger charge is -2.17. The zero-order valence-electron chi connectivity index (χ0n) is 11.0. The van der Waals surface area contributed by atoms with Crippen molar-refractivity contribution in [2.75, 3.05) is 24.5 Å². The average Bonchev–Trinajstić information content (AvgIpc) is 3.01. The third-order valence-corrected chi connectivity index (χ3v) is 4.36. The maximum Gasteiger partial charge on any atom is 0.195 e. The number of hydrogen-bond donors (Lipinski definition) is 1. The fourth-order valence-corrected chi connectivity index (χ4v) is 3.34. The third kappa shape index (κ3) is 2.01. The molecule has 0 saturated carbocycles. The number of thiazole rings is 1. The van der Waals surface area contributed by atoms with Gasteiger partial charge in [-0.25, -0.2) is 4.98 Å². The first-order valence-corrected chi connectivity index (χ1v) is 7.57. The van der Waals surface area contributed by atoms with Crippen LogP contribution in [0.25, 0.3) is 4.96 Å². The minimum Gasteiger partial charge on any atom is -0.355 e. The first kappa shape index (κ1) is 12.0. The van der Waals surface area contributed by atoms with E-state index in [-0.39, 0.29) is 0 Å². The van der Waals surface area contributed by atoms with Gasteiger partial charge in [0.2, 0.25) is 0 Å². The molecule has 1 unspecified atom stereocenters. The van der Waals surface area contributed by atoms with Crippen LogP contribution in [-0.2, 0) is 6.54 Å². The number of aromatic nitrogens is 2. The molecular formula is C13H20N4S.